The van der Waals surface area contributed by atoms with Gasteiger partial charge in [0.05, 0.1) is 0 Å². The van der Waals surface area contributed by atoms with Crippen molar-refractivity contribution < 1.29 is 0 Å². The molecule has 0 radical (unpaired) electrons. The molecule has 1 aromatic carbocycles. The summed E-state index contributed by atoms with van der Waals surface area (Å²) in [4.78, 5) is 1.46. The maximum Gasteiger partial charge on any atom is 0.00766 e. The zero-order chi connectivity index (χ0) is 12.4. The van der Waals surface area contributed by atoms with E-state index in [0.717, 1.165) is 12.8 Å². The molecule has 3 atom stereocenters. The van der Waals surface area contributed by atoms with E-state index < -0.39 is 0 Å². The van der Waals surface area contributed by atoms with Gasteiger partial charge in [-0.25, -0.2) is 0 Å². The molecule has 2 heteroatoms. The first-order valence-corrected chi connectivity index (χ1v) is 7.55. The summed E-state index contributed by atoms with van der Waals surface area (Å²) in [6, 6.07) is 15.5. The van der Waals surface area contributed by atoms with Crippen LogP contribution in [-0.2, 0) is 6.42 Å². The van der Waals surface area contributed by atoms with Crippen LogP contribution in [0.1, 0.15) is 29.2 Å². The topological polar surface area (TPSA) is 26.0 Å². The maximum atomic E-state index is 6.33. The van der Waals surface area contributed by atoms with Gasteiger partial charge in [0.1, 0.15) is 0 Å². The average Bonchev–Trinajstić information content (AvgIpc) is 3.05. The molecule has 0 bridgehead atoms. The van der Waals surface area contributed by atoms with Crippen molar-refractivity contribution in [3.05, 3.63) is 58.3 Å². The molecule has 1 nitrogen and oxygen atoms in total. The van der Waals surface area contributed by atoms with Crippen molar-refractivity contribution in [2.75, 3.05) is 0 Å². The molecule has 0 aliphatic heterocycles. The number of aryl methyl sites for hydroxylation is 1. The lowest BCUT2D eigenvalue weighted by Crippen LogP contribution is -2.23. The summed E-state index contributed by atoms with van der Waals surface area (Å²) >= 11 is 1.84. The summed E-state index contributed by atoms with van der Waals surface area (Å²) in [7, 11) is 0. The lowest BCUT2D eigenvalue weighted by atomic mass is 10.0. The van der Waals surface area contributed by atoms with Gasteiger partial charge < -0.3 is 5.73 Å². The molecule has 94 valence electrons. The molecule has 2 N–H and O–H groups in total. The van der Waals surface area contributed by atoms with Gasteiger partial charge in [-0.05, 0) is 48.1 Å². The van der Waals surface area contributed by atoms with Crippen molar-refractivity contribution in [3.63, 3.8) is 0 Å². The van der Waals surface area contributed by atoms with Crippen molar-refractivity contribution in [2.45, 2.75) is 31.2 Å². The molecule has 1 aliphatic rings. The molecule has 0 spiro atoms. The normalized spacial score (nSPS) is 23.8. The molecule has 2 aromatic rings. The molecule has 3 rings (SSSR count). The zero-order valence-corrected chi connectivity index (χ0v) is 11.3. The second-order valence-corrected chi connectivity index (χ2v) is 6.23. The summed E-state index contributed by atoms with van der Waals surface area (Å²) in [5.41, 5.74) is 7.79. The highest BCUT2D eigenvalue weighted by molar-refractivity contribution is 7.09. The third-order valence-electron chi connectivity index (χ3n) is 3.92. The highest BCUT2D eigenvalue weighted by Crippen LogP contribution is 2.49. The van der Waals surface area contributed by atoms with Crippen molar-refractivity contribution in [3.8, 4) is 0 Å². The maximum absolute atomic E-state index is 6.33. The summed E-state index contributed by atoms with van der Waals surface area (Å²) < 4.78 is 0. The Morgan fingerprint density at radius 3 is 2.72 bits per heavy atom. The van der Waals surface area contributed by atoms with E-state index in [4.69, 9.17) is 5.73 Å². The second kappa shape index (κ2) is 5.25. The lowest BCUT2D eigenvalue weighted by molar-refractivity contribution is 0.541. The van der Waals surface area contributed by atoms with Crippen LogP contribution >= 0.6 is 11.3 Å². The Morgan fingerprint density at radius 1 is 1.17 bits per heavy atom. The van der Waals surface area contributed by atoms with Crippen molar-refractivity contribution in [2.24, 2.45) is 11.7 Å². The van der Waals surface area contributed by atoms with E-state index in [9.17, 15) is 0 Å². The van der Waals surface area contributed by atoms with Crippen LogP contribution in [0, 0.1) is 5.92 Å². The van der Waals surface area contributed by atoms with Gasteiger partial charge in [-0.3, -0.25) is 0 Å². The number of benzene rings is 1. The fourth-order valence-corrected chi connectivity index (χ4v) is 3.47. The van der Waals surface area contributed by atoms with Crippen molar-refractivity contribution in [1.29, 1.82) is 0 Å². The molecule has 1 aliphatic carbocycles. The zero-order valence-electron chi connectivity index (χ0n) is 10.5. The summed E-state index contributed by atoms with van der Waals surface area (Å²) in [5.74, 6) is 1.41. The van der Waals surface area contributed by atoms with Gasteiger partial charge >= 0.3 is 0 Å². The highest BCUT2D eigenvalue weighted by Gasteiger charge is 2.41. The fraction of sp³-hybridized carbons (Fsp3) is 0.375. The molecule has 0 saturated heterocycles. The third kappa shape index (κ3) is 2.65. The van der Waals surface area contributed by atoms with Gasteiger partial charge in [-0.1, -0.05) is 36.4 Å². The molecule has 18 heavy (non-hydrogen) atoms. The van der Waals surface area contributed by atoms with Gasteiger partial charge in [0.2, 0.25) is 0 Å². The van der Waals surface area contributed by atoms with E-state index in [-0.39, 0.29) is 0 Å². The first-order chi connectivity index (χ1) is 8.84. The quantitative estimate of drug-likeness (QED) is 0.866. The third-order valence-corrected chi connectivity index (χ3v) is 4.86. The summed E-state index contributed by atoms with van der Waals surface area (Å²) in [5, 5.41) is 2.14. The standard InChI is InChI=1S/C16H19NS/c17-16(9-8-13-7-4-10-18-13)15-11-14(15)12-5-2-1-3-6-12/h1-7,10,14-16H,8-9,11,17H2. The van der Waals surface area contributed by atoms with Gasteiger partial charge in [-0.2, -0.15) is 0 Å². The number of rotatable bonds is 5. The molecule has 1 saturated carbocycles. The van der Waals surface area contributed by atoms with Crippen LogP contribution in [0.2, 0.25) is 0 Å². The predicted molar refractivity (Wildman–Crippen MR) is 77.9 cm³/mol. The SMILES string of the molecule is NC(CCc1cccs1)C1CC1c1ccccc1. The molecule has 1 heterocycles. The summed E-state index contributed by atoms with van der Waals surface area (Å²) in [6.07, 6.45) is 3.53. The Labute approximate surface area is 113 Å². The molecule has 1 fully saturated rings. The number of thiophene rings is 1. The van der Waals surface area contributed by atoms with Gasteiger partial charge in [0.15, 0.2) is 0 Å². The minimum Gasteiger partial charge on any atom is -0.327 e. The van der Waals surface area contributed by atoms with E-state index in [1.807, 2.05) is 11.3 Å². The molecular formula is C16H19NS. The minimum absolute atomic E-state index is 0.359. The first-order valence-electron chi connectivity index (χ1n) is 6.67. The fourth-order valence-electron chi connectivity index (χ4n) is 2.75. The first kappa shape index (κ1) is 11.9. The summed E-state index contributed by atoms with van der Waals surface area (Å²) in [6.45, 7) is 0. The van der Waals surface area contributed by atoms with E-state index in [0.29, 0.717) is 17.9 Å². The number of hydrogen-bond acceptors (Lipinski definition) is 2. The minimum atomic E-state index is 0.359. The van der Waals surface area contributed by atoms with E-state index >= 15 is 0 Å². The van der Waals surface area contributed by atoms with Crippen LogP contribution in [0.25, 0.3) is 0 Å². The van der Waals surface area contributed by atoms with Crippen LogP contribution in [-0.4, -0.2) is 6.04 Å². The lowest BCUT2D eigenvalue weighted by Gasteiger charge is -2.10. The molecule has 3 unspecified atom stereocenters. The smallest absolute Gasteiger partial charge is 0.00766 e. The van der Waals surface area contributed by atoms with E-state index in [1.54, 1.807) is 0 Å². The van der Waals surface area contributed by atoms with E-state index in [2.05, 4.69) is 47.8 Å². The number of nitrogens with two attached hydrogens (primary N) is 1. The second-order valence-electron chi connectivity index (χ2n) is 5.20. The van der Waals surface area contributed by atoms with Crippen molar-refractivity contribution >= 4 is 11.3 Å². The Bertz CT molecular complexity index is 477. The van der Waals surface area contributed by atoms with Crippen LogP contribution in [0.15, 0.2) is 47.8 Å². The van der Waals surface area contributed by atoms with Gasteiger partial charge in [0.25, 0.3) is 0 Å². The van der Waals surface area contributed by atoms with Gasteiger partial charge in [0, 0.05) is 10.9 Å². The largest absolute Gasteiger partial charge is 0.327 e. The van der Waals surface area contributed by atoms with Crippen molar-refractivity contribution in [1.82, 2.24) is 0 Å². The van der Waals surface area contributed by atoms with Crippen LogP contribution < -0.4 is 5.73 Å². The highest BCUT2D eigenvalue weighted by atomic mass is 32.1. The molecular weight excluding hydrogens is 238 g/mol. The Hall–Kier alpha value is -1.12. The Kier molecular flexibility index (Phi) is 3.48. The molecule has 1 aromatic heterocycles. The monoisotopic (exact) mass is 257 g/mol. The average molecular weight is 257 g/mol. The Balaban J connectivity index is 1.52. The molecule has 0 amide bonds. The number of hydrogen-bond donors (Lipinski definition) is 1. The van der Waals surface area contributed by atoms with Crippen LogP contribution in [0.3, 0.4) is 0 Å². The van der Waals surface area contributed by atoms with E-state index in [1.165, 1.54) is 16.9 Å². The predicted octanol–water partition coefficient (Wildman–Crippen LogP) is 3.81. The van der Waals surface area contributed by atoms with Gasteiger partial charge in [-0.15, -0.1) is 11.3 Å². The van der Waals surface area contributed by atoms with Crippen LogP contribution in [0.4, 0.5) is 0 Å². The van der Waals surface area contributed by atoms with Crippen LogP contribution in [0.5, 0.6) is 0 Å². The Morgan fingerprint density at radius 2 is 2.00 bits per heavy atom.